The van der Waals surface area contributed by atoms with Crippen molar-refractivity contribution >= 4 is 0 Å². The Morgan fingerprint density at radius 3 is 2.25 bits per heavy atom. The molecule has 2 aromatic heterocycles. The number of hydrogen-bond donors (Lipinski definition) is 0. The molecule has 2 rings (SSSR count). The molecule has 84 valence electrons. The zero-order chi connectivity index (χ0) is 11.8. The highest BCUT2D eigenvalue weighted by atomic mass is 15.1. The van der Waals surface area contributed by atoms with Gasteiger partial charge in [-0.2, -0.15) is 0 Å². The molecule has 0 aromatic carbocycles. The maximum Gasteiger partial charge on any atom is 0.140 e. The zero-order valence-corrected chi connectivity index (χ0v) is 10.2. The molecule has 3 heteroatoms. The second kappa shape index (κ2) is 3.74. The van der Waals surface area contributed by atoms with Crippen molar-refractivity contribution in [2.75, 3.05) is 0 Å². The van der Waals surface area contributed by atoms with E-state index in [1.165, 1.54) is 0 Å². The Labute approximate surface area is 96.2 Å². The minimum Gasteiger partial charge on any atom is -0.309 e. The predicted octanol–water partition coefficient (Wildman–Crippen LogP) is 2.87. The van der Waals surface area contributed by atoms with E-state index in [0.29, 0.717) is 0 Å². The van der Waals surface area contributed by atoms with Crippen molar-refractivity contribution in [3.63, 3.8) is 0 Å². The Bertz CT molecular complexity index is 478. The topological polar surface area (TPSA) is 30.7 Å². The minimum absolute atomic E-state index is 0.0512. The largest absolute Gasteiger partial charge is 0.309 e. The third kappa shape index (κ3) is 2.13. The molecule has 0 fully saturated rings. The fraction of sp³-hybridized carbons (Fsp3) is 0.385. The molecule has 0 amide bonds. The first-order chi connectivity index (χ1) is 7.47. The van der Waals surface area contributed by atoms with Gasteiger partial charge in [-0.25, -0.2) is 9.97 Å². The summed E-state index contributed by atoms with van der Waals surface area (Å²) in [7, 11) is 0. The van der Waals surface area contributed by atoms with Crippen LogP contribution < -0.4 is 0 Å². The van der Waals surface area contributed by atoms with Gasteiger partial charge in [-0.1, -0.05) is 20.8 Å². The van der Waals surface area contributed by atoms with Gasteiger partial charge in [0.25, 0.3) is 0 Å². The molecule has 0 N–H and O–H groups in total. The van der Waals surface area contributed by atoms with Gasteiger partial charge < -0.3 is 4.57 Å². The lowest BCUT2D eigenvalue weighted by Gasteiger charge is -2.18. The molecule has 0 aliphatic heterocycles. The molecule has 3 nitrogen and oxygen atoms in total. The van der Waals surface area contributed by atoms with E-state index in [1.54, 1.807) is 0 Å². The number of hydrogen-bond acceptors (Lipinski definition) is 2. The lowest BCUT2D eigenvalue weighted by atomic mass is 9.92. The van der Waals surface area contributed by atoms with Gasteiger partial charge in [0, 0.05) is 23.9 Å². The summed E-state index contributed by atoms with van der Waals surface area (Å²) in [6.45, 7) is 8.42. The highest BCUT2D eigenvalue weighted by Gasteiger charge is 2.17. The maximum atomic E-state index is 4.49. The summed E-state index contributed by atoms with van der Waals surface area (Å²) in [5.41, 5.74) is 1.12. The molecule has 2 heterocycles. The van der Waals surface area contributed by atoms with Crippen LogP contribution >= 0.6 is 0 Å². The van der Waals surface area contributed by atoms with Crippen molar-refractivity contribution in [2.24, 2.45) is 0 Å². The molecule has 0 saturated heterocycles. The summed E-state index contributed by atoms with van der Waals surface area (Å²) in [6.07, 6.45) is 3.99. The van der Waals surface area contributed by atoms with Crippen LogP contribution in [0.15, 0.2) is 30.6 Å². The van der Waals surface area contributed by atoms with E-state index in [0.717, 1.165) is 17.3 Å². The summed E-state index contributed by atoms with van der Waals surface area (Å²) in [4.78, 5) is 8.93. The van der Waals surface area contributed by atoms with Crippen molar-refractivity contribution in [1.29, 1.82) is 0 Å². The first-order valence-electron chi connectivity index (χ1n) is 5.46. The summed E-state index contributed by atoms with van der Waals surface area (Å²) < 4.78 is 2.00. The van der Waals surface area contributed by atoms with E-state index < -0.39 is 0 Å². The maximum absolute atomic E-state index is 4.49. The van der Waals surface area contributed by atoms with Gasteiger partial charge in [-0.15, -0.1) is 0 Å². The smallest absolute Gasteiger partial charge is 0.140 e. The zero-order valence-electron chi connectivity index (χ0n) is 10.2. The van der Waals surface area contributed by atoms with Crippen molar-refractivity contribution in [3.05, 3.63) is 42.1 Å². The van der Waals surface area contributed by atoms with E-state index in [2.05, 4.69) is 30.7 Å². The Balaban J connectivity index is 2.53. The average Bonchev–Trinajstić information content (AvgIpc) is 2.68. The molecule has 0 aliphatic carbocycles. The Morgan fingerprint density at radius 2 is 1.69 bits per heavy atom. The molecule has 0 bridgehead atoms. The Hall–Kier alpha value is -1.64. The van der Waals surface area contributed by atoms with Crippen LogP contribution in [0.3, 0.4) is 0 Å². The number of aryl methyl sites for hydroxylation is 1. The highest BCUT2D eigenvalue weighted by Crippen LogP contribution is 2.21. The third-order valence-corrected chi connectivity index (χ3v) is 2.46. The molecule has 0 saturated carbocycles. The molecule has 16 heavy (non-hydrogen) atoms. The summed E-state index contributed by atoms with van der Waals surface area (Å²) in [6, 6.07) is 6.04. The van der Waals surface area contributed by atoms with Gasteiger partial charge in [-0.3, -0.25) is 0 Å². The standard InChI is InChI=1S/C13H17N3/c1-10-14-11(13(2,3)4)9-12(15-10)16-7-5-6-8-16/h5-9H,1-4H3. The van der Waals surface area contributed by atoms with Crippen molar-refractivity contribution < 1.29 is 0 Å². The van der Waals surface area contributed by atoms with Crippen molar-refractivity contribution in [2.45, 2.75) is 33.1 Å². The van der Waals surface area contributed by atoms with E-state index in [-0.39, 0.29) is 5.41 Å². The monoisotopic (exact) mass is 215 g/mol. The lowest BCUT2D eigenvalue weighted by Crippen LogP contribution is -2.16. The second-order valence-electron chi connectivity index (χ2n) is 5.00. The number of nitrogens with zero attached hydrogens (tertiary/aromatic N) is 3. The Kier molecular flexibility index (Phi) is 2.54. The summed E-state index contributed by atoms with van der Waals surface area (Å²) in [5, 5.41) is 0. The molecule has 0 unspecified atom stereocenters. The molecule has 2 aromatic rings. The first kappa shape index (κ1) is 10.9. The van der Waals surface area contributed by atoms with Gasteiger partial charge in [0.15, 0.2) is 0 Å². The number of aromatic nitrogens is 3. The van der Waals surface area contributed by atoms with E-state index in [1.807, 2.05) is 42.1 Å². The molecular weight excluding hydrogens is 198 g/mol. The van der Waals surface area contributed by atoms with Crippen LogP contribution in [0.1, 0.15) is 32.3 Å². The van der Waals surface area contributed by atoms with Gasteiger partial charge >= 0.3 is 0 Å². The van der Waals surface area contributed by atoms with Crippen LogP contribution in [-0.4, -0.2) is 14.5 Å². The van der Waals surface area contributed by atoms with Crippen molar-refractivity contribution in [1.82, 2.24) is 14.5 Å². The van der Waals surface area contributed by atoms with Crippen molar-refractivity contribution in [3.8, 4) is 5.82 Å². The molecular formula is C13H17N3. The predicted molar refractivity (Wildman–Crippen MR) is 64.8 cm³/mol. The van der Waals surface area contributed by atoms with Gasteiger partial charge in [0.05, 0.1) is 5.69 Å². The molecule has 0 radical (unpaired) electrons. The quantitative estimate of drug-likeness (QED) is 0.732. The fourth-order valence-electron chi connectivity index (χ4n) is 1.56. The van der Waals surface area contributed by atoms with Gasteiger partial charge in [0.2, 0.25) is 0 Å². The molecule has 0 aliphatic rings. The van der Waals surface area contributed by atoms with Gasteiger partial charge in [0.1, 0.15) is 11.6 Å². The highest BCUT2D eigenvalue weighted by molar-refractivity contribution is 5.29. The lowest BCUT2D eigenvalue weighted by molar-refractivity contribution is 0.563. The van der Waals surface area contributed by atoms with E-state index >= 15 is 0 Å². The van der Waals surface area contributed by atoms with Crippen LogP contribution in [0.25, 0.3) is 5.82 Å². The van der Waals surface area contributed by atoms with Crippen LogP contribution in [0, 0.1) is 6.92 Å². The van der Waals surface area contributed by atoms with Crippen LogP contribution in [0.2, 0.25) is 0 Å². The summed E-state index contributed by atoms with van der Waals surface area (Å²) in [5.74, 6) is 1.75. The van der Waals surface area contributed by atoms with E-state index in [4.69, 9.17) is 0 Å². The van der Waals surface area contributed by atoms with Crippen LogP contribution in [0.5, 0.6) is 0 Å². The van der Waals surface area contributed by atoms with E-state index in [9.17, 15) is 0 Å². The Morgan fingerprint density at radius 1 is 1.06 bits per heavy atom. The van der Waals surface area contributed by atoms with Crippen LogP contribution in [0.4, 0.5) is 0 Å². The molecule has 0 spiro atoms. The third-order valence-electron chi connectivity index (χ3n) is 2.46. The second-order valence-corrected chi connectivity index (χ2v) is 5.00. The fourth-order valence-corrected chi connectivity index (χ4v) is 1.56. The average molecular weight is 215 g/mol. The minimum atomic E-state index is 0.0512. The normalized spacial score (nSPS) is 11.8. The summed E-state index contributed by atoms with van der Waals surface area (Å²) >= 11 is 0. The first-order valence-corrected chi connectivity index (χ1v) is 5.46. The number of rotatable bonds is 1. The van der Waals surface area contributed by atoms with Crippen LogP contribution in [-0.2, 0) is 5.41 Å². The molecule has 0 atom stereocenters. The van der Waals surface area contributed by atoms with Gasteiger partial charge in [-0.05, 0) is 19.1 Å². The SMILES string of the molecule is Cc1nc(-n2cccc2)cc(C(C)(C)C)n1.